The molecule has 2 amide bonds. The number of nitrogens with zero attached hydrogens (tertiary/aromatic N) is 3. The van der Waals surface area contributed by atoms with Gasteiger partial charge in [-0.2, -0.15) is 0 Å². The summed E-state index contributed by atoms with van der Waals surface area (Å²) in [4.78, 5) is 47.2. The van der Waals surface area contributed by atoms with Gasteiger partial charge in [0.25, 0.3) is 11.8 Å². The molecule has 2 aromatic rings. The first-order valence-electron chi connectivity index (χ1n) is 10.8. The third kappa shape index (κ3) is 5.05. The van der Waals surface area contributed by atoms with E-state index in [1.165, 1.54) is 37.0 Å². The maximum atomic E-state index is 12.4. The zero-order valence-corrected chi connectivity index (χ0v) is 18.6. The van der Waals surface area contributed by atoms with Crippen molar-refractivity contribution in [3.05, 3.63) is 57.3 Å². The lowest BCUT2D eigenvalue weighted by molar-refractivity contribution is 0.0516. The molecule has 1 aromatic carbocycles. The maximum absolute atomic E-state index is 12.4. The monoisotopic (exact) mass is 454 g/mol. The number of benzene rings is 1. The molecule has 1 saturated heterocycles. The van der Waals surface area contributed by atoms with Gasteiger partial charge in [-0.3, -0.25) is 19.4 Å². The molecule has 1 fully saturated rings. The van der Waals surface area contributed by atoms with E-state index in [-0.39, 0.29) is 30.6 Å². The number of hydrogen-bond donors (Lipinski definition) is 1. The van der Waals surface area contributed by atoms with Crippen molar-refractivity contribution in [1.29, 1.82) is 0 Å². The van der Waals surface area contributed by atoms with E-state index in [0.717, 1.165) is 29.4 Å². The summed E-state index contributed by atoms with van der Waals surface area (Å²) in [6.45, 7) is 3.08. The van der Waals surface area contributed by atoms with Crippen molar-refractivity contribution in [1.82, 2.24) is 9.80 Å². The lowest BCUT2D eigenvalue weighted by atomic mass is 10.1. The van der Waals surface area contributed by atoms with Crippen molar-refractivity contribution in [2.45, 2.75) is 38.6 Å². The van der Waals surface area contributed by atoms with Gasteiger partial charge in [0.1, 0.15) is 10.7 Å². The van der Waals surface area contributed by atoms with Crippen LogP contribution in [0.25, 0.3) is 0 Å². The largest absolute Gasteiger partial charge is 0.384 e. The molecule has 9 heteroatoms. The first-order valence-corrected chi connectivity index (χ1v) is 11.6. The number of carbonyl (C=O) groups is 3. The molecule has 3 heterocycles. The minimum Gasteiger partial charge on any atom is -0.384 e. The number of nitrogens with two attached hydrogens (primary N) is 1. The van der Waals surface area contributed by atoms with Crippen LogP contribution in [0, 0.1) is 0 Å². The molecule has 2 aliphatic heterocycles. The molecule has 1 aromatic heterocycles. The van der Waals surface area contributed by atoms with Gasteiger partial charge in [0.2, 0.25) is 0 Å². The third-order valence-corrected chi connectivity index (χ3v) is 6.71. The average molecular weight is 455 g/mol. The third-order valence-electron chi connectivity index (χ3n) is 5.66. The second-order valence-electron chi connectivity index (χ2n) is 7.98. The van der Waals surface area contributed by atoms with Crippen molar-refractivity contribution in [3.63, 3.8) is 0 Å². The second-order valence-corrected chi connectivity index (χ2v) is 9.14. The van der Waals surface area contributed by atoms with E-state index >= 15 is 0 Å². The number of amidine groups is 1. The molecule has 32 heavy (non-hydrogen) atoms. The van der Waals surface area contributed by atoms with Crippen molar-refractivity contribution in [3.8, 4) is 0 Å². The summed E-state index contributed by atoms with van der Waals surface area (Å²) in [6, 6.07) is 10.4. The van der Waals surface area contributed by atoms with Crippen LogP contribution in [0.3, 0.4) is 0 Å². The van der Waals surface area contributed by atoms with Crippen LogP contribution in [-0.2, 0) is 11.4 Å². The van der Waals surface area contributed by atoms with Gasteiger partial charge in [-0.25, -0.2) is 4.79 Å². The van der Waals surface area contributed by atoms with Gasteiger partial charge in [0.15, 0.2) is 0 Å². The van der Waals surface area contributed by atoms with E-state index < -0.39 is 5.97 Å². The van der Waals surface area contributed by atoms with E-state index in [2.05, 4.69) is 10.1 Å². The first-order chi connectivity index (χ1) is 15.5. The summed E-state index contributed by atoms with van der Waals surface area (Å²) in [5, 5.41) is 3.69. The Morgan fingerprint density at radius 1 is 1.00 bits per heavy atom. The first kappa shape index (κ1) is 22.2. The molecule has 0 radical (unpaired) electrons. The van der Waals surface area contributed by atoms with Gasteiger partial charge in [-0.05, 0) is 50.2 Å². The Bertz CT molecular complexity index is 1010. The number of rotatable bonds is 7. The highest BCUT2D eigenvalue weighted by molar-refractivity contribution is 7.13. The molecular weight excluding hydrogens is 428 g/mol. The molecule has 168 valence electrons. The molecule has 2 N–H and O–H groups in total. The van der Waals surface area contributed by atoms with Crippen molar-refractivity contribution < 1.29 is 19.2 Å². The van der Waals surface area contributed by atoms with Gasteiger partial charge in [0.05, 0.1) is 11.1 Å². The van der Waals surface area contributed by atoms with E-state index in [9.17, 15) is 14.4 Å². The standard InChI is InChI=1S/C23H26N4O4S/c24-20(11-14-27-21(28)17-7-3-4-8-18(17)22(27)29)25-31-23(30)19-10-9-16(32-19)15-26-12-5-1-2-6-13-26/h3-4,7-10H,1-2,5-6,11-15H2,(H2,24,25). The molecule has 4 rings (SSSR count). The van der Waals surface area contributed by atoms with Crippen molar-refractivity contribution in [2.75, 3.05) is 19.6 Å². The second kappa shape index (κ2) is 10.1. The van der Waals surface area contributed by atoms with Crippen LogP contribution in [0.15, 0.2) is 41.6 Å². The van der Waals surface area contributed by atoms with Crippen molar-refractivity contribution >= 4 is 35.0 Å². The summed E-state index contributed by atoms with van der Waals surface area (Å²) in [7, 11) is 0. The number of amides is 2. The van der Waals surface area contributed by atoms with Gasteiger partial charge >= 0.3 is 5.97 Å². The Labute approximate surface area is 190 Å². The summed E-state index contributed by atoms with van der Waals surface area (Å²) in [5.74, 6) is -1.24. The van der Waals surface area contributed by atoms with Gasteiger partial charge in [-0.1, -0.05) is 30.1 Å². The Morgan fingerprint density at radius 2 is 1.66 bits per heavy atom. The quantitative estimate of drug-likeness (QED) is 0.226. The average Bonchev–Trinajstić information content (AvgIpc) is 3.24. The molecule has 0 saturated carbocycles. The zero-order chi connectivity index (χ0) is 22.5. The van der Waals surface area contributed by atoms with Crippen LogP contribution < -0.4 is 5.73 Å². The molecule has 0 unspecified atom stereocenters. The van der Waals surface area contributed by atoms with E-state index in [4.69, 9.17) is 10.6 Å². The fourth-order valence-electron chi connectivity index (χ4n) is 3.95. The normalized spacial score (nSPS) is 17.4. The Hall–Kier alpha value is -3.04. The fraction of sp³-hybridized carbons (Fsp3) is 0.391. The smallest absolute Gasteiger partial charge is 0.375 e. The van der Waals surface area contributed by atoms with Gasteiger partial charge < -0.3 is 10.6 Å². The molecular formula is C23H26N4O4S. The van der Waals surface area contributed by atoms with Crippen LogP contribution in [0.4, 0.5) is 0 Å². The number of carbonyl (C=O) groups excluding carboxylic acids is 3. The molecule has 0 spiro atoms. The highest BCUT2D eigenvalue weighted by atomic mass is 32.1. The zero-order valence-electron chi connectivity index (χ0n) is 17.8. The lowest BCUT2D eigenvalue weighted by Gasteiger charge is -2.18. The topological polar surface area (TPSA) is 105 Å². The highest BCUT2D eigenvalue weighted by Gasteiger charge is 2.34. The van der Waals surface area contributed by atoms with Crippen LogP contribution in [0.1, 0.15) is 67.4 Å². The van der Waals surface area contributed by atoms with E-state index in [1.54, 1.807) is 30.3 Å². The number of oxime groups is 1. The maximum Gasteiger partial charge on any atom is 0.375 e. The molecule has 0 atom stereocenters. The van der Waals surface area contributed by atoms with Crippen LogP contribution in [-0.4, -0.2) is 53.1 Å². The minimum absolute atomic E-state index is 0.0382. The number of thiophene rings is 1. The lowest BCUT2D eigenvalue weighted by Crippen LogP contribution is -2.33. The SMILES string of the molecule is N/C(CCN1C(=O)c2ccccc2C1=O)=N\OC(=O)c1ccc(CN2CCCCCC2)s1. The number of likely N-dealkylation sites (tertiary alicyclic amines) is 1. The van der Waals surface area contributed by atoms with Crippen molar-refractivity contribution in [2.24, 2.45) is 10.9 Å². The number of imide groups is 1. The number of hydrogen-bond acceptors (Lipinski definition) is 7. The Morgan fingerprint density at radius 3 is 2.31 bits per heavy atom. The summed E-state index contributed by atoms with van der Waals surface area (Å²) in [6.07, 6.45) is 5.11. The highest BCUT2D eigenvalue weighted by Crippen LogP contribution is 2.23. The van der Waals surface area contributed by atoms with Crippen LogP contribution >= 0.6 is 11.3 Å². The minimum atomic E-state index is -0.569. The molecule has 0 aliphatic carbocycles. The molecule has 0 bridgehead atoms. The summed E-state index contributed by atoms with van der Waals surface area (Å²) < 4.78 is 0. The van der Waals surface area contributed by atoms with Gasteiger partial charge in [0, 0.05) is 24.4 Å². The van der Waals surface area contributed by atoms with E-state index in [1.807, 2.05) is 6.07 Å². The van der Waals surface area contributed by atoms with E-state index in [0.29, 0.717) is 16.0 Å². The predicted molar refractivity (Wildman–Crippen MR) is 122 cm³/mol. The van der Waals surface area contributed by atoms with Crippen LogP contribution in [0.2, 0.25) is 0 Å². The van der Waals surface area contributed by atoms with Gasteiger partial charge in [-0.15, -0.1) is 11.3 Å². The fourth-order valence-corrected chi connectivity index (χ4v) is 4.87. The Kier molecular flexibility index (Phi) is 6.96. The van der Waals surface area contributed by atoms with Crippen LogP contribution in [0.5, 0.6) is 0 Å². The Balaban J connectivity index is 1.27. The summed E-state index contributed by atoms with van der Waals surface area (Å²) in [5.41, 5.74) is 6.60. The predicted octanol–water partition coefficient (Wildman–Crippen LogP) is 3.24. The molecule has 2 aliphatic rings. The summed E-state index contributed by atoms with van der Waals surface area (Å²) >= 11 is 1.40. The molecule has 8 nitrogen and oxygen atoms in total. The number of fused-ring (bicyclic) bond motifs is 1.